The molecule has 21 heavy (non-hydrogen) atoms. The predicted octanol–water partition coefficient (Wildman–Crippen LogP) is 2.93. The topological polar surface area (TPSA) is 49.8 Å². The molecule has 0 spiro atoms. The Hall–Kier alpha value is -2.33. The van der Waals surface area contributed by atoms with Gasteiger partial charge in [-0.1, -0.05) is 30.3 Å². The molecule has 0 bridgehead atoms. The molecule has 0 unspecified atom stereocenters. The van der Waals surface area contributed by atoms with Crippen LogP contribution in [0.25, 0.3) is 0 Å². The number of benzene rings is 2. The number of ether oxygens (including phenoxy) is 1. The highest BCUT2D eigenvalue weighted by atomic mass is 16.5. The lowest BCUT2D eigenvalue weighted by Crippen LogP contribution is -2.33. The molecule has 0 fully saturated rings. The minimum atomic E-state index is -0.141. The minimum absolute atomic E-state index is 0.0543. The number of carbonyl (C=O) groups excluding carboxylic acids is 1. The zero-order chi connectivity index (χ0) is 15.1. The van der Waals surface area contributed by atoms with Gasteiger partial charge in [0.25, 0.3) is 5.91 Å². The van der Waals surface area contributed by atoms with Crippen LogP contribution in [0.5, 0.6) is 11.5 Å². The predicted molar refractivity (Wildman–Crippen MR) is 81.6 cm³/mol. The second-order valence-corrected chi connectivity index (χ2v) is 4.52. The van der Waals surface area contributed by atoms with Crippen molar-refractivity contribution in [1.82, 2.24) is 4.90 Å². The van der Waals surface area contributed by atoms with Gasteiger partial charge < -0.3 is 14.7 Å². The van der Waals surface area contributed by atoms with Gasteiger partial charge in [-0.2, -0.15) is 0 Å². The fourth-order valence-electron chi connectivity index (χ4n) is 2.04. The molecule has 0 heterocycles. The van der Waals surface area contributed by atoms with Crippen molar-refractivity contribution < 1.29 is 14.6 Å². The van der Waals surface area contributed by atoms with Crippen LogP contribution in [0.4, 0.5) is 0 Å². The van der Waals surface area contributed by atoms with E-state index in [0.29, 0.717) is 30.2 Å². The third kappa shape index (κ3) is 3.83. The maximum absolute atomic E-state index is 12.5. The average molecular weight is 285 g/mol. The number of hydrogen-bond acceptors (Lipinski definition) is 3. The SMILES string of the molecule is CCN(CCO)C(=O)c1ccccc1Oc1ccccc1. The van der Waals surface area contributed by atoms with Gasteiger partial charge in [-0.3, -0.25) is 4.79 Å². The smallest absolute Gasteiger partial charge is 0.257 e. The number of carbonyl (C=O) groups is 1. The van der Waals surface area contributed by atoms with E-state index in [1.165, 1.54) is 0 Å². The Morgan fingerprint density at radius 3 is 2.43 bits per heavy atom. The quantitative estimate of drug-likeness (QED) is 0.887. The van der Waals surface area contributed by atoms with Crippen molar-refractivity contribution in [2.45, 2.75) is 6.92 Å². The van der Waals surface area contributed by atoms with Crippen molar-refractivity contribution >= 4 is 5.91 Å². The molecule has 4 heteroatoms. The molecule has 1 N–H and O–H groups in total. The number of likely N-dealkylation sites (N-methyl/N-ethyl adjacent to an activating group) is 1. The minimum Gasteiger partial charge on any atom is -0.457 e. The lowest BCUT2D eigenvalue weighted by Gasteiger charge is -2.21. The molecule has 2 aromatic rings. The summed E-state index contributed by atoms with van der Waals surface area (Å²) in [6.07, 6.45) is 0. The Balaban J connectivity index is 2.26. The molecule has 0 aliphatic carbocycles. The second kappa shape index (κ2) is 7.45. The molecule has 0 aromatic heterocycles. The van der Waals surface area contributed by atoms with E-state index in [1.54, 1.807) is 23.1 Å². The van der Waals surface area contributed by atoms with Crippen LogP contribution >= 0.6 is 0 Å². The van der Waals surface area contributed by atoms with Gasteiger partial charge in [-0.15, -0.1) is 0 Å². The van der Waals surface area contributed by atoms with Crippen LogP contribution in [0.3, 0.4) is 0 Å². The van der Waals surface area contributed by atoms with Crippen LogP contribution < -0.4 is 4.74 Å². The Kier molecular flexibility index (Phi) is 5.35. The van der Waals surface area contributed by atoms with E-state index in [4.69, 9.17) is 9.84 Å². The van der Waals surface area contributed by atoms with Gasteiger partial charge in [-0.05, 0) is 31.2 Å². The van der Waals surface area contributed by atoms with Gasteiger partial charge in [-0.25, -0.2) is 0 Å². The molecular formula is C17H19NO3. The lowest BCUT2D eigenvalue weighted by molar-refractivity contribution is 0.0729. The first-order chi connectivity index (χ1) is 10.3. The normalized spacial score (nSPS) is 10.2. The highest BCUT2D eigenvalue weighted by Gasteiger charge is 2.18. The molecular weight excluding hydrogens is 266 g/mol. The van der Waals surface area contributed by atoms with Crippen molar-refractivity contribution in [3.63, 3.8) is 0 Å². The molecule has 0 aliphatic rings. The summed E-state index contributed by atoms with van der Waals surface area (Å²) in [5.74, 6) is 1.06. The number of aliphatic hydroxyl groups is 1. The van der Waals surface area contributed by atoms with Crippen LogP contribution in [0.2, 0.25) is 0 Å². The van der Waals surface area contributed by atoms with Crippen molar-refractivity contribution in [2.24, 2.45) is 0 Å². The third-order valence-electron chi connectivity index (χ3n) is 3.13. The molecule has 0 saturated carbocycles. The molecule has 2 rings (SSSR count). The monoisotopic (exact) mass is 285 g/mol. The summed E-state index contributed by atoms with van der Waals surface area (Å²) in [6.45, 7) is 2.68. The van der Waals surface area contributed by atoms with E-state index in [9.17, 15) is 4.79 Å². The van der Waals surface area contributed by atoms with Gasteiger partial charge in [0, 0.05) is 13.1 Å². The highest BCUT2D eigenvalue weighted by molar-refractivity contribution is 5.97. The number of aliphatic hydroxyl groups excluding tert-OH is 1. The Labute approximate surface area is 124 Å². The number of nitrogens with zero attached hydrogens (tertiary/aromatic N) is 1. The van der Waals surface area contributed by atoms with Crippen molar-refractivity contribution in [3.05, 3.63) is 60.2 Å². The van der Waals surface area contributed by atoms with E-state index in [2.05, 4.69) is 0 Å². The van der Waals surface area contributed by atoms with Gasteiger partial charge in [0.05, 0.1) is 12.2 Å². The zero-order valence-corrected chi connectivity index (χ0v) is 12.0. The van der Waals surface area contributed by atoms with E-state index in [0.717, 1.165) is 0 Å². The summed E-state index contributed by atoms with van der Waals surface area (Å²) < 4.78 is 5.79. The van der Waals surface area contributed by atoms with Crippen LogP contribution in [0.15, 0.2) is 54.6 Å². The van der Waals surface area contributed by atoms with Crippen molar-refractivity contribution in [1.29, 1.82) is 0 Å². The maximum Gasteiger partial charge on any atom is 0.257 e. The number of para-hydroxylation sites is 2. The molecule has 4 nitrogen and oxygen atoms in total. The summed E-state index contributed by atoms with van der Waals surface area (Å²) in [4.78, 5) is 14.1. The maximum atomic E-state index is 12.5. The number of hydrogen-bond donors (Lipinski definition) is 1. The van der Waals surface area contributed by atoms with Crippen molar-refractivity contribution in [2.75, 3.05) is 19.7 Å². The number of rotatable bonds is 6. The van der Waals surface area contributed by atoms with E-state index in [-0.39, 0.29) is 12.5 Å². The van der Waals surface area contributed by atoms with E-state index in [1.807, 2.05) is 43.3 Å². The standard InChI is InChI=1S/C17H19NO3/c1-2-18(12-13-19)17(20)15-10-6-7-11-16(15)21-14-8-4-3-5-9-14/h3-11,19H,2,12-13H2,1H3. The molecule has 110 valence electrons. The van der Waals surface area contributed by atoms with Crippen LogP contribution in [0, 0.1) is 0 Å². The summed E-state index contributed by atoms with van der Waals surface area (Å²) >= 11 is 0. The van der Waals surface area contributed by atoms with Crippen LogP contribution in [-0.4, -0.2) is 35.6 Å². The summed E-state index contributed by atoms with van der Waals surface area (Å²) in [7, 11) is 0. The Bertz CT molecular complexity index is 584. The average Bonchev–Trinajstić information content (AvgIpc) is 2.53. The first-order valence-corrected chi connectivity index (χ1v) is 6.98. The third-order valence-corrected chi connectivity index (χ3v) is 3.13. The van der Waals surface area contributed by atoms with Crippen molar-refractivity contribution in [3.8, 4) is 11.5 Å². The summed E-state index contributed by atoms with van der Waals surface area (Å²) in [5.41, 5.74) is 0.497. The Morgan fingerprint density at radius 1 is 1.10 bits per heavy atom. The van der Waals surface area contributed by atoms with Gasteiger partial charge in [0.2, 0.25) is 0 Å². The molecule has 2 aromatic carbocycles. The van der Waals surface area contributed by atoms with E-state index >= 15 is 0 Å². The number of amides is 1. The van der Waals surface area contributed by atoms with E-state index < -0.39 is 0 Å². The lowest BCUT2D eigenvalue weighted by atomic mass is 10.1. The van der Waals surface area contributed by atoms with Gasteiger partial charge in [0.1, 0.15) is 11.5 Å². The van der Waals surface area contributed by atoms with Gasteiger partial charge >= 0.3 is 0 Å². The highest BCUT2D eigenvalue weighted by Crippen LogP contribution is 2.26. The molecule has 0 radical (unpaired) electrons. The largest absolute Gasteiger partial charge is 0.457 e. The fourth-order valence-corrected chi connectivity index (χ4v) is 2.04. The van der Waals surface area contributed by atoms with Gasteiger partial charge in [0.15, 0.2) is 0 Å². The fraction of sp³-hybridized carbons (Fsp3) is 0.235. The zero-order valence-electron chi connectivity index (χ0n) is 12.0. The first kappa shape index (κ1) is 15.1. The first-order valence-electron chi connectivity index (χ1n) is 6.98. The Morgan fingerprint density at radius 2 is 1.76 bits per heavy atom. The second-order valence-electron chi connectivity index (χ2n) is 4.52. The molecule has 0 atom stereocenters. The molecule has 0 aliphatic heterocycles. The molecule has 0 saturated heterocycles. The summed E-state index contributed by atoms with van der Waals surface area (Å²) in [6, 6.07) is 16.5. The molecule has 1 amide bonds. The van der Waals surface area contributed by atoms with Crippen LogP contribution in [0.1, 0.15) is 17.3 Å². The summed E-state index contributed by atoms with van der Waals surface area (Å²) in [5, 5.41) is 9.04. The van der Waals surface area contributed by atoms with Crippen LogP contribution in [-0.2, 0) is 0 Å².